The van der Waals surface area contributed by atoms with Crippen molar-refractivity contribution in [2.45, 2.75) is 13.2 Å². The monoisotopic (exact) mass is 335 g/mol. The van der Waals surface area contributed by atoms with Gasteiger partial charge >= 0.3 is 0 Å². The van der Waals surface area contributed by atoms with Gasteiger partial charge in [-0.05, 0) is 54.9 Å². The van der Waals surface area contributed by atoms with E-state index >= 15 is 0 Å². The molecule has 0 unspecified atom stereocenters. The SMILES string of the molecule is CN(C)CCn1ccc2ccc(-c3ccc4c(c3)COCCN4)cc21. The third-order valence-electron chi connectivity index (χ3n) is 4.82. The van der Waals surface area contributed by atoms with Gasteiger partial charge in [-0.3, -0.25) is 0 Å². The lowest BCUT2D eigenvalue weighted by atomic mass is 10.0. The van der Waals surface area contributed by atoms with Crippen molar-refractivity contribution in [1.29, 1.82) is 0 Å². The Hall–Kier alpha value is -2.30. The number of hydrogen-bond acceptors (Lipinski definition) is 3. The van der Waals surface area contributed by atoms with E-state index in [-0.39, 0.29) is 0 Å². The number of benzene rings is 2. The van der Waals surface area contributed by atoms with Crippen LogP contribution in [0.3, 0.4) is 0 Å². The molecule has 0 spiro atoms. The Morgan fingerprint density at radius 1 is 1.08 bits per heavy atom. The van der Waals surface area contributed by atoms with Crippen LogP contribution in [0, 0.1) is 0 Å². The number of ether oxygens (including phenoxy) is 1. The van der Waals surface area contributed by atoms with Crippen molar-refractivity contribution >= 4 is 16.6 Å². The number of rotatable bonds is 4. The van der Waals surface area contributed by atoms with Crippen LogP contribution in [0.1, 0.15) is 5.56 Å². The van der Waals surface area contributed by atoms with E-state index in [2.05, 4.69) is 77.5 Å². The summed E-state index contributed by atoms with van der Waals surface area (Å²) < 4.78 is 8.01. The topological polar surface area (TPSA) is 29.4 Å². The second kappa shape index (κ2) is 6.90. The van der Waals surface area contributed by atoms with Gasteiger partial charge in [0.25, 0.3) is 0 Å². The first-order valence-electron chi connectivity index (χ1n) is 8.89. The van der Waals surface area contributed by atoms with Gasteiger partial charge in [0.2, 0.25) is 0 Å². The van der Waals surface area contributed by atoms with E-state index in [1.165, 1.54) is 33.3 Å². The molecular formula is C21H25N3O. The third-order valence-corrected chi connectivity index (χ3v) is 4.82. The highest BCUT2D eigenvalue weighted by Crippen LogP contribution is 2.29. The van der Waals surface area contributed by atoms with E-state index in [1.54, 1.807) is 0 Å². The molecule has 1 N–H and O–H groups in total. The summed E-state index contributed by atoms with van der Waals surface area (Å²) in [7, 11) is 4.23. The molecule has 0 atom stereocenters. The van der Waals surface area contributed by atoms with Crippen LogP contribution >= 0.6 is 0 Å². The molecule has 3 aromatic rings. The fraction of sp³-hybridized carbons (Fsp3) is 0.333. The van der Waals surface area contributed by atoms with Gasteiger partial charge in [-0.1, -0.05) is 18.2 Å². The van der Waals surface area contributed by atoms with Crippen LogP contribution in [0.2, 0.25) is 0 Å². The quantitative estimate of drug-likeness (QED) is 0.786. The smallest absolute Gasteiger partial charge is 0.0738 e. The molecule has 1 aromatic heterocycles. The number of hydrogen-bond donors (Lipinski definition) is 1. The van der Waals surface area contributed by atoms with Crippen LogP contribution < -0.4 is 5.32 Å². The van der Waals surface area contributed by atoms with Crippen molar-refractivity contribution in [2.24, 2.45) is 0 Å². The third kappa shape index (κ3) is 3.41. The van der Waals surface area contributed by atoms with Crippen molar-refractivity contribution in [3.05, 3.63) is 54.2 Å². The highest BCUT2D eigenvalue weighted by Gasteiger charge is 2.10. The minimum Gasteiger partial charge on any atom is -0.382 e. The first kappa shape index (κ1) is 16.2. The summed E-state index contributed by atoms with van der Waals surface area (Å²) >= 11 is 0. The van der Waals surface area contributed by atoms with Gasteiger partial charge < -0.3 is 19.5 Å². The lowest BCUT2D eigenvalue weighted by molar-refractivity contribution is 0.135. The van der Waals surface area contributed by atoms with Gasteiger partial charge in [-0.2, -0.15) is 0 Å². The number of fused-ring (bicyclic) bond motifs is 2. The molecule has 4 heteroatoms. The molecule has 4 rings (SSSR count). The number of likely N-dealkylation sites (N-methyl/N-ethyl adjacent to an activating group) is 1. The summed E-state index contributed by atoms with van der Waals surface area (Å²) in [6, 6.07) is 15.6. The lowest BCUT2D eigenvalue weighted by Gasteiger charge is -2.12. The van der Waals surface area contributed by atoms with Gasteiger partial charge in [-0.25, -0.2) is 0 Å². The molecule has 1 aliphatic heterocycles. The summed E-state index contributed by atoms with van der Waals surface area (Å²) in [5.74, 6) is 0. The maximum absolute atomic E-state index is 5.67. The molecule has 0 fully saturated rings. The highest BCUT2D eigenvalue weighted by molar-refractivity contribution is 5.86. The predicted octanol–water partition coefficient (Wildman–Crippen LogP) is 3.81. The molecule has 0 aliphatic carbocycles. The number of anilines is 1. The molecular weight excluding hydrogens is 310 g/mol. The van der Waals surface area contributed by atoms with Crippen LogP contribution in [0.15, 0.2) is 48.7 Å². The zero-order valence-electron chi connectivity index (χ0n) is 15.0. The van der Waals surface area contributed by atoms with Crippen molar-refractivity contribution in [2.75, 3.05) is 39.1 Å². The molecule has 0 saturated heterocycles. The Balaban J connectivity index is 1.69. The van der Waals surface area contributed by atoms with Crippen molar-refractivity contribution in [3.63, 3.8) is 0 Å². The number of nitrogens with one attached hydrogen (secondary N) is 1. The molecule has 0 amide bonds. The largest absolute Gasteiger partial charge is 0.382 e. The van der Waals surface area contributed by atoms with Crippen LogP contribution in [0.25, 0.3) is 22.0 Å². The Kier molecular flexibility index (Phi) is 4.47. The minimum absolute atomic E-state index is 0.678. The average Bonchev–Trinajstić information content (AvgIpc) is 2.87. The van der Waals surface area contributed by atoms with Gasteiger partial charge in [0.15, 0.2) is 0 Å². The lowest BCUT2D eigenvalue weighted by Crippen LogP contribution is -2.17. The fourth-order valence-electron chi connectivity index (χ4n) is 3.37. The summed E-state index contributed by atoms with van der Waals surface area (Å²) in [6.07, 6.45) is 2.19. The van der Waals surface area contributed by atoms with Crippen molar-refractivity contribution in [3.8, 4) is 11.1 Å². The van der Waals surface area contributed by atoms with E-state index in [0.717, 1.165) is 26.2 Å². The standard InChI is InChI=1S/C21H25N3O/c1-23(2)10-11-24-9-7-16-3-4-18(14-21(16)24)17-5-6-20-19(13-17)15-25-12-8-22-20/h3-7,9,13-14,22H,8,10-12,15H2,1-2H3. The molecule has 0 radical (unpaired) electrons. The Labute approximate surface area is 149 Å². The highest BCUT2D eigenvalue weighted by atomic mass is 16.5. The molecule has 130 valence electrons. The molecule has 25 heavy (non-hydrogen) atoms. The summed E-state index contributed by atoms with van der Waals surface area (Å²) in [6.45, 7) is 4.35. The summed E-state index contributed by atoms with van der Waals surface area (Å²) in [4.78, 5) is 2.22. The average molecular weight is 335 g/mol. The Morgan fingerprint density at radius 3 is 2.80 bits per heavy atom. The van der Waals surface area contributed by atoms with Crippen molar-refractivity contribution in [1.82, 2.24) is 9.47 Å². The summed E-state index contributed by atoms with van der Waals surface area (Å²) in [5.41, 5.74) is 6.22. The maximum atomic E-state index is 5.67. The summed E-state index contributed by atoms with van der Waals surface area (Å²) in [5, 5.41) is 4.73. The predicted molar refractivity (Wildman–Crippen MR) is 104 cm³/mol. The minimum atomic E-state index is 0.678. The van der Waals surface area contributed by atoms with Crippen molar-refractivity contribution < 1.29 is 4.74 Å². The first-order chi connectivity index (χ1) is 12.2. The van der Waals surface area contributed by atoms with Gasteiger partial charge in [0.1, 0.15) is 0 Å². The van der Waals surface area contributed by atoms with E-state index in [4.69, 9.17) is 4.74 Å². The zero-order valence-corrected chi connectivity index (χ0v) is 15.0. The second-order valence-electron chi connectivity index (χ2n) is 6.94. The van der Waals surface area contributed by atoms with E-state index in [0.29, 0.717) is 6.61 Å². The Bertz CT molecular complexity index is 882. The van der Waals surface area contributed by atoms with Crippen LogP contribution in [0.5, 0.6) is 0 Å². The fourth-order valence-corrected chi connectivity index (χ4v) is 3.37. The molecule has 1 aliphatic rings. The van der Waals surface area contributed by atoms with Gasteiger partial charge in [-0.15, -0.1) is 0 Å². The molecule has 2 aromatic carbocycles. The molecule has 0 bridgehead atoms. The van der Waals surface area contributed by atoms with Crippen LogP contribution in [-0.4, -0.2) is 43.3 Å². The van der Waals surface area contributed by atoms with Crippen LogP contribution in [-0.2, 0) is 17.9 Å². The van der Waals surface area contributed by atoms with E-state index in [9.17, 15) is 0 Å². The normalized spacial score (nSPS) is 14.4. The Morgan fingerprint density at radius 2 is 1.92 bits per heavy atom. The van der Waals surface area contributed by atoms with E-state index in [1.807, 2.05) is 0 Å². The number of nitrogens with zero attached hydrogens (tertiary/aromatic N) is 2. The first-order valence-corrected chi connectivity index (χ1v) is 8.89. The van der Waals surface area contributed by atoms with Crippen LogP contribution in [0.4, 0.5) is 5.69 Å². The second-order valence-corrected chi connectivity index (χ2v) is 6.94. The number of aromatic nitrogens is 1. The van der Waals surface area contributed by atoms with Gasteiger partial charge in [0.05, 0.1) is 13.2 Å². The maximum Gasteiger partial charge on any atom is 0.0738 e. The molecule has 4 nitrogen and oxygen atoms in total. The van der Waals surface area contributed by atoms with Gasteiger partial charge in [0, 0.05) is 42.6 Å². The molecule has 2 heterocycles. The zero-order chi connectivity index (χ0) is 17.2. The molecule has 0 saturated carbocycles. The van der Waals surface area contributed by atoms with E-state index < -0.39 is 0 Å².